The predicted molar refractivity (Wildman–Crippen MR) is 145 cm³/mol. The molecule has 41 heavy (non-hydrogen) atoms. The molecule has 3 heterocycles. The molecule has 10 nitrogen and oxygen atoms in total. The average Bonchev–Trinajstić information content (AvgIpc) is 3.47. The second-order valence-corrected chi connectivity index (χ2v) is 10.9. The number of nitrogens with one attached hydrogen (secondary N) is 1. The average molecular weight is 578 g/mol. The number of amides is 1. The summed E-state index contributed by atoms with van der Waals surface area (Å²) in [4.78, 5) is 31.2. The van der Waals surface area contributed by atoms with E-state index in [2.05, 4.69) is 15.2 Å². The number of hydrogen-bond donors (Lipinski definition) is 1. The first-order valence-corrected chi connectivity index (χ1v) is 14.0. The number of alkyl halides is 3. The van der Waals surface area contributed by atoms with E-state index in [9.17, 15) is 28.1 Å². The summed E-state index contributed by atoms with van der Waals surface area (Å²) in [5, 5.41) is 14.1. The van der Waals surface area contributed by atoms with Gasteiger partial charge in [0.1, 0.15) is 17.1 Å². The van der Waals surface area contributed by atoms with E-state index in [1.54, 1.807) is 6.20 Å². The van der Waals surface area contributed by atoms with E-state index in [-0.39, 0.29) is 23.7 Å². The Hall–Kier alpha value is -3.61. The number of nitro benzene ring substituents is 1. The van der Waals surface area contributed by atoms with Crippen LogP contribution in [0.4, 0.5) is 30.4 Å². The minimum absolute atomic E-state index is 0.0417. The van der Waals surface area contributed by atoms with Crippen LogP contribution in [0, 0.1) is 16.0 Å². The Morgan fingerprint density at radius 3 is 2.51 bits per heavy atom. The van der Waals surface area contributed by atoms with Gasteiger partial charge >= 0.3 is 6.18 Å². The summed E-state index contributed by atoms with van der Waals surface area (Å²) in [6.45, 7) is 4.09. The molecule has 1 saturated carbocycles. The van der Waals surface area contributed by atoms with E-state index < -0.39 is 22.4 Å². The SMILES string of the molecule is O=C(CC1CCOC1)N1CCN(c2cc(O[C@H]3CC[C@H](Nc4ccc([N+](=O)[O-])c(C(F)(F)F)c4)CC3)ccn2)CC1. The lowest BCUT2D eigenvalue weighted by molar-refractivity contribution is -0.388. The molecule has 2 aromatic rings. The smallest absolute Gasteiger partial charge is 0.423 e. The molecular weight excluding hydrogens is 543 g/mol. The van der Waals surface area contributed by atoms with Gasteiger partial charge in [0.2, 0.25) is 5.91 Å². The summed E-state index contributed by atoms with van der Waals surface area (Å²) >= 11 is 0. The molecule has 1 aromatic carbocycles. The maximum absolute atomic E-state index is 13.3. The van der Waals surface area contributed by atoms with Crippen LogP contribution in [0.15, 0.2) is 36.5 Å². The number of aromatic nitrogens is 1. The van der Waals surface area contributed by atoms with Gasteiger partial charge in [-0.3, -0.25) is 14.9 Å². The number of anilines is 2. The van der Waals surface area contributed by atoms with Crippen molar-refractivity contribution < 1.29 is 32.4 Å². The summed E-state index contributed by atoms with van der Waals surface area (Å²) in [6, 6.07) is 6.67. The number of rotatable bonds is 8. The normalized spacial score (nSPS) is 23.3. The minimum Gasteiger partial charge on any atom is -0.490 e. The fourth-order valence-electron chi connectivity index (χ4n) is 5.72. The highest BCUT2D eigenvalue weighted by Gasteiger charge is 2.38. The molecule has 222 valence electrons. The summed E-state index contributed by atoms with van der Waals surface area (Å²) < 4.78 is 51.6. The quantitative estimate of drug-likeness (QED) is 0.349. The lowest BCUT2D eigenvalue weighted by atomic mass is 9.92. The molecule has 5 rings (SSSR count). The lowest BCUT2D eigenvalue weighted by Crippen LogP contribution is -2.49. The van der Waals surface area contributed by atoms with E-state index in [1.807, 2.05) is 17.0 Å². The van der Waals surface area contributed by atoms with Crippen molar-refractivity contribution in [2.75, 3.05) is 49.6 Å². The van der Waals surface area contributed by atoms with Crippen LogP contribution in [0.1, 0.15) is 44.1 Å². The van der Waals surface area contributed by atoms with Gasteiger partial charge in [0.15, 0.2) is 0 Å². The third-order valence-corrected chi connectivity index (χ3v) is 8.01. The highest BCUT2D eigenvalue weighted by Crippen LogP contribution is 2.38. The van der Waals surface area contributed by atoms with Crippen molar-refractivity contribution in [1.29, 1.82) is 0 Å². The number of hydrogen-bond acceptors (Lipinski definition) is 8. The van der Waals surface area contributed by atoms with E-state index in [0.717, 1.165) is 31.0 Å². The Labute approximate surface area is 236 Å². The molecule has 1 N–H and O–H groups in total. The van der Waals surface area contributed by atoms with Gasteiger partial charge < -0.3 is 24.6 Å². The maximum atomic E-state index is 13.3. The maximum Gasteiger partial charge on any atom is 0.423 e. The number of pyridine rings is 1. The predicted octanol–water partition coefficient (Wildman–Crippen LogP) is 4.89. The van der Waals surface area contributed by atoms with Crippen molar-refractivity contribution in [3.05, 3.63) is 52.2 Å². The van der Waals surface area contributed by atoms with Gasteiger partial charge in [0, 0.05) is 75.9 Å². The van der Waals surface area contributed by atoms with Gasteiger partial charge in [0.25, 0.3) is 5.69 Å². The first-order chi connectivity index (χ1) is 19.7. The molecule has 3 aliphatic rings. The summed E-state index contributed by atoms with van der Waals surface area (Å²) in [6.07, 6.45) is 1.13. The summed E-state index contributed by atoms with van der Waals surface area (Å²) in [5.41, 5.74) is -2.01. The number of piperazine rings is 1. The molecule has 2 saturated heterocycles. The molecule has 0 bridgehead atoms. The van der Waals surface area contributed by atoms with Crippen LogP contribution >= 0.6 is 0 Å². The second kappa shape index (κ2) is 12.5. The van der Waals surface area contributed by atoms with E-state index >= 15 is 0 Å². The Bertz CT molecular complexity index is 1220. The number of benzene rings is 1. The van der Waals surface area contributed by atoms with Gasteiger partial charge in [-0.2, -0.15) is 13.2 Å². The van der Waals surface area contributed by atoms with E-state index in [4.69, 9.17) is 9.47 Å². The molecule has 0 spiro atoms. The molecule has 3 fully saturated rings. The number of carbonyl (C=O) groups excluding carboxylic acids is 1. The van der Waals surface area contributed by atoms with Gasteiger partial charge in [-0.1, -0.05) is 0 Å². The van der Waals surface area contributed by atoms with Crippen LogP contribution < -0.4 is 15.0 Å². The van der Waals surface area contributed by atoms with Gasteiger partial charge in [-0.05, 0) is 56.2 Å². The second-order valence-electron chi connectivity index (χ2n) is 10.9. The van der Waals surface area contributed by atoms with Crippen LogP contribution in [0.2, 0.25) is 0 Å². The largest absolute Gasteiger partial charge is 0.490 e. The standard InChI is InChI=1S/C28H34F3N5O5/c29-28(30,31)24-16-21(3-6-25(24)36(38)39)33-20-1-4-22(5-2-20)41-23-7-9-32-26(17-23)34-10-12-35(13-11-34)27(37)15-19-8-14-40-18-19/h3,6-7,9,16-17,19-20,22,33H,1-2,4-5,8,10-15,18H2/t19?,20-,22-. The molecule has 1 atom stereocenters. The van der Waals surface area contributed by atoms with Crippen molar-refractivity contribution in [1.82, 2.24) is 9.88 Å². The fraction of sp³-hybridized carbons (Fsp3) is 0.571. The van der Waals surface area contributed by atoms with Crippen molar-refractivity contribution >= 4 is 23.1 Å². The Morgan fingerprint density at radius 2 is 1.85 bits per heavy atom. The third kappa shape index (κ3) is 7.38. The highest BCUT2D eigenvalue weighted by atomic mass is 19.4. The molecule has 1 amide bonds. The summed E-state index contributed by atoms with van der Waals surface area (Å²) in [5.74, 6) is 2.01. The number of halogens is 3. The third-order valence-electron chi connectivity index (χ3n) is 8.01. The van der Waals surface area contributed by atoms with Gasteiger partial charge in [-0.25, -0.2) is 4.98 Å². The molecule has 2 aliphatic heterocycles. The first kappa shape index (κ1) is 28.9. The van der Waals surface area contributed by atoms with Crippen molar-refractivity contribution in [3.8, 4) is 5.75 Å². The zero-order chi connectivity index (χ0) is 29.0. The molecule has 1 aliphatic carbocycles. The highest BCUT2D eigenvalue weighted by molar-refractivity contribution is 5.76. The summed E-state index contributed by atoms with van der Waals surface area (Å²) in [7, 11) is 0. The molecule has 13 heteroatoms. The zero-order valence-corrected chi connectivity index (χ0v) is 22.6. The number of nitrogens with zero attached hydrogens (tertiary/aromatic N) is 4. The van der Waals surface area contributed by atoms with Crippen molar-refractivity contribution in [2.24, 2.45) is 5.92 Å². The van der Waals surface area contributed by atoms with Gasteiger partial charge in [-0.15, -0.1) is 0 Å². The lowest BCUT2D eigenvalue weighted by Gasteiger charge is -2.36. The number of carbonyl (C=O) groups is 1. The monoisotopic (exact) mass is 577 g/mol. The van der Waals surface area contributed by atoms with Crippen LogP contribution in [-0.4, -0.2) is 72.3 Å². The van der Waals surface area contributed by atoms with Gasteiger partial charge in [0.05, 0.1) is 11.0 Å². The Morgan fingerprint density at radius 1 is 1.10 bits per heavy atom. The molecular formula is C28H34F3N5O5. The van der Waals surface area contributed by atoms with Crippen LogP contribution in [-0.2, 0) is 15.7 Å². The number of nitro groups is 1. The first-order valence-electron chi connectivity index (χ1n) is 14.0. The van der Waals surface area contributed by atoms with Crippen LogP contribution in [0.5, 0.6) is 5.75 Å². The van der Waals surface area contributed by atoms with Crippen LogP contribution in [0.25, 0.3) is 0 Å². The fourth-order valence-corrected chi connectivity index (χ4v) is 5.72. The number of ether oxygens (including phenoxy) is 2. The minimum atomic E-state index is -4.81. The molecule has 0 radical (unpaired) electrons. The molecule has 1 aromatic heterocycles. The molecule has 1 unspecified atom stereocenters. The zero-order valence-electron chi connectivity index (χ0n) is 22.6. The van der Waals surface area contributed by atoms with Crippen molar-refractivity contribution in [3.63, 3.8) is 0 Å². The van der Waals surface area contributed by atoms with E-state index in [0.29, 0.717) is 76.6 Å². The Kier molecular flexibility index (Phi) is 8.81. The van der Waals surface area contributed by atoms with Crippen molar-refractivity contribution in [2.45, 2.75) is 56.8 Å². The van der Waals surface area contributed by atoms with Crippen LogP contribution in [0.3, 0.4) is 0 Å². The Balaban J connectivity index is 1.09. The topological polar surface area (TPSA) is 110 Å². The van der Waals surface area contributed by atoms with E-state index in [1.165, 1.54) is 6.07 Å².